The predicted octanol–water partition coefficient (Wildman–Crippen LogP) is 2.96. The molecular formula is C16H26N2O. The molecule has 3 unspecified atom stereocenters. The molecule has 1 aromatic rings. The molecule has 1 aliphatic heterocycles. The van der Waals surface area contributed by atoms with Crippen LogP contribution in [-0.4, -0.2) is 30.6 Å². The van der Waals surface area contributed by atoms with Gasteiger partial charge in [-0.1, -0.05) is 18.6 Å². The van der Waals surface area contributed by atoms with Crippen molar-refractivity contribution >= 4 is 0 Å². The summed E-state index contributed by atoms with van der Waals surface area (Å²) in [5.74, 6) is 0.884. The highest BCUT2D eigenvalue weighted by Gasteiger charge is 2.27. The Balaban J connectivity index is 2.06. The summed E-state index contributed by atoms with van der Waals surface area (Å²) in [5, 5.41) is 0. The van der Waals surface area contributed by atoms with E-state index < -0.39 is 0 Å². The van der Waals surface area contributed by atoms with Gasteiger partial charge in [-0.15, -0.1) is 0 Å². The summed E-state index contributed by atoms with van der Waals surface area (Å²) in [5.41, 5.74) is 7.63. The molecule has 19 heavy (non-hydrogen) atoms. The summed E-state index contributed by atoms with van der Waals surface area (Å²) in [4.78, 5) is 2.55. The molecule has 1 aliphatic rings. The molecule has 2 N–H and O–H groups in total. The van der Waals surface area contributed by atoms with Crippen molar-refractivity contribution in [2.24, 2.45) is 5.73 Å². The number of hydrogen-bond acceptors (Lipinski definition) is 3. The molecular weight excluding hydrogens is 236 g/mol. The van der Waals surface area contributed by atoms with Crippen LogP contribution >= 0.6 is 0 Å². The standard InChI is InChI=1S/C16H26N2O/c1-12-6-4-5-11-18(12)13(2)16(17)14-7-9-15(19-3)10-8-14/h7-10,12-13,16H,4-6,11,17H2,1-3H3. The van der Waals surface area contributed by atoms with E-state index in [2.05, 4.69) is 30.9 Å². The van der Waals surface area contributed by atoms with Gasteiger partial charge in [0.15, 0.2) is 0 Å². The summed E-state index contributed by atoms with van der Waals surface area (Å²) >= 11 is 0. The number of rotatable bonds is 4. The fraction of sp³-hybridized carbons (Fsp3) is 0.625. The Hall–Kier alpha value is -1.06. The number of ether oxygens (including phenoxy) is 1. The van der Waals surface area contributed by atoms with Gasteiger partial charge in [0, 0.05) is 18.1 Å². The van der Waals surface area contributed by atoms with Gasteiger partial charge in [0.25, 0.3) is 0 Å². The van der Waals surface area contributed by atoms with E-state index in [0.29, 0.717) is 12.1 Å². The van der Waals surface area contributed by atoms with E-state index in [9.17, 15) is 0 Å². The number of hydrogen-bond donors (Lipinski definition) is 1. The maximum atomic E-state index is 6.44. The quantitative estimate of drug-likeness (QED) is 0.906. The molecule has 0 aliphatic carbocycles. The van der Waals surface area contributed by atoms with Crippen LogP contribution < -0.4 is 10.5 Å². The first-order valence-electron chi connectivity index (χ1n) is 7.28. The number of piperidine rings is 1. The normalized spacial score (nSPS) is 23.9. The van der Waals surface area contributed by atoms with E-state index in [0.717, 1.165) is 5.75 Å². The van der Waals surface area contributed by atoms with Gasteiger partial charge < -0.3 is 10.5 Å². The highest BCUT2D eigenvalue weighted by molar-refractivity contribution is 5.29. The van der Waals surface area contributed by atoms with Crippen molar-refractivity contribution in [2.45, 2.75) is 51.2 Å². The number of likely N-dealkylation sites (tertiary alicyclic amines) is 1. The lowest BCUT2D eigenvalue weighted by molar-refractivity contribution is 0.0991. The second-order valence-electron chi connectivity index (χ2n) is 5.62. The predicted molar refractivity (Wildman–Crippen MR) is 79.4 cm³/mol. The van der Waals surface area contributed by atoms with Crippen molar-refractivity contribution in [1.29, 1.82) is 0 Å². The number of benzene rings is 1. The largest absolute Gasteiger partial charge is 0.497 e. The van der Waals surface area contributed by atoms with Gasteiger partial charge in [0.05, 0.1) is 7.11 Å². The van der Waals surface area contributed by atoms with Gasteiger partial charge in [0.2, 0.25) is 0 Å². The van der Waals surface area contributed by atoms with Crippen LogP contribution in [0.5, 0.6) is 5.75 Å². The van der Waals surface area contributed by atoms with Crippen molar-refractivity contribution in [2.75, 3.05) is 13.7 Å². The third kappa shape index (κ3) is 3.28. The second kappa shape index (κ2) is 6.40. The second-order valence-corrected chi connectivity index (χ2v) is 5.62. The molecule has 1 fully saturated rings. The third-order valence-electron chi connectivity index (χ3n) is 4.40. The molecule has 3 atom stereocenters. The van der Waals surface area contributed by atoms with E-state index >= 15 is 0 Å². The average Bonchev–Trinajstić information content (AvgIpc) is 2.46. The topological polar surface area (TPSA) is 38.5 Å². The minimum atomic E-state index is 0.0615. The summed E-state index contributed by atoms with van der Waals surface area (Å²) in [6.45, 7) is 5.74. The van der Waals surface area contributed by atoms with Gasteiger partial charge in [-0.25, -0.2) is 0 Å². The van der Waals surface area contributed by atoms with Crippen LogP contribution in [0.4, 0.5) is 0 Å². The minimum absolute atomic E-state index is 0.0615. The molecule has 0 saturated carbocycles. The molecule has 1 heterocycles. The van der Waals surface area contributed by atoms with E-state index in [-0.39, 0.29) is 6.04 Å². The van der Waals surface area contributed by atoms with Gasteiger partial charge >= 0.3 is 0 Å². The summed E-state index contributed by atoms with van der Waals surface area (Å²) in [7, 11) is 1.69. The van der Waals surface area contributed by atoms with Crippen LogP contribution in [0.2, 0.25) is 0 Å². The zero-order valence-corrected chi connectivity index (χ0v) is 12.3. The zero-order valence-electron chi connectivity index (χ0n) is 12.3. The highest BCUT2D eigenvalue weighted by atomic mass is 16.5. The van der Waals surface area contributed by atoms with Gasteiger partial charge in [-0.05, 0) is 50.9 Å². The molecule has 106 valence electrons. The summed E-state index contributed by atoms with van der Waals surface area (Å²) < 4.78 is 5.19. The minimum Gasteiger partial charge on any atom is -0.497 e. The van der Waals surface area contributed by atoms with E-state index in [1.807, 2.05) is 12.1 Å². The molecule has 3 heteroatoms. The van der Waals surface area contributed by atoms with Crippen molar-refractivity contribution in [3.63, 3.8) is 0 Å². The molecule has 1 aromatic carbocycles. The third-order valence-corrected chi connectivity index (χ3v) is 4.40. The maximum Gasteiger partial charge on any atom is 0.118 e. The fourth-order valence-electron chi connectivity index (χ4n) is 3.04. The van der Waals surface area contributed by atoms with Gasteiger partial charge in [-0.3, -0.25) is 4.90 Å². The Kier molecular flexibility index (Phi) is 4.83. The first kappa shape index (κ1) is 14.4. The Morgan fingerprint density at radius 3 is 2.53 bits per heavy atom. The number of nitrogens with zero attached hydrogens (tertiary/aromatic N) is 1. The first-order chi connectivity index (χ1) is 9.13. The molecule has 0 amide bonds. The SMILES string of the molecule is COc1ccc(C(N)C(C)N2CCCCC2C)cc1. The van der Waals surface area contributed by atoms with Crippen LogP contribution in [0.1, 0.15) is 44.7 Å². The van der Waals surface area contributed by atoms with Crippen molar-refractivity contribution in [1.82, 2.24) is 4.90 Å². The Bertz CT molecular complexity index is 390. The monoisotopic (exact) mass is 262 g/mol. The van der Waals surface area contributed by atoms with Crippen molar-refractivity contribution < 1.29 is 4.74 Å². The molecule has 2 rings (SSSR count). The average molecular weight is 262 g/mol. The van der Waals surface area contributed by atoms with Gasteiger partial charge in [0.1, 0.15) is 5.75 Å². The molecule has 0 spiro atoms. The summed E-state index contributed by atoms with van der Waals surface area (Å²) in [6, 6.07) is 9.22. The maximum absolute atomic E-state index is 6.44. The zero-order chi connectivity index (χ0) is 13.8. The lowest BCUT2D eigenvalue weighted by Crippen LogP contribution is -2.48. The van der Waals surface area contributed by atoms with Crippen LogP contribution in [0, 0.1) is 0 Å². The number of nitrogens with two attached hydrogens (primary N) is 1. The molecule has 0 bridgehead atoms. The molecule has 0 aromatic heterocycles. The Morgan fingerprint density at radius 1 is 1.26 bits per heavy atom. The molecule has 0 radical (unpaired) electrons. The van der Waals surface area contributed by atoms with Crippen LogP contribution in [-0.2, 0) is 0 Å². The van der Waals surface area contributed by atoms with E-state index in [1.54, 1.807) is 7.11 Å². The first-order valence-corrected chi connectivity index (χ1v) is 7.28. The Labute approximate surface area is 116 Å². The molecule has 3 nitrogen and oxygen atoms in total. The fourth-order valence-corrected chi connectivity index (χ4v) is 3.04. The van der Waals surface area contributed by atoms with Crippen molar-refractivity contribution in [3.05, 3.63) is 29.8 Å². The lowest BCUT2D eigenvalue weighted by atomic mass is 9.95. The van der Waals surface area contributed by atoms with Crippen molar-refractivity contribution in [3.8, 4) is 5.75 Å². The van der Waals surface area contributed by atoms with Crippen LogP contribution in [0.25, 0.3) is 0 Å². The van der Waals surface area contributed by atoms with Crippen LogP contribution in [0.3, 0.4) is 0 Å². The Morgan fingerprint density at radius 2 is 1.95 bits per heavy atom. The highest BCUT2D eigenvalue weighted by Crippen LogP contribution is 2.26. The van der Waals surface area contributed by atoms with Gasteiger partial charge in [-0.2, -0.15) is 0 Å². The smallest absolute Gasteiger partial charge is 0.118 e. The summed E-state index contributed by atoms with van der Waals surface area (Å²) in [6.07, 6.45) is 3.94. The molecule has 1 saturated heterocycles. The van der Waals surface area contributed by atoms with E-state index in [4.69, 9.17) is 10.5 Å². The van der Waals surface area contributed by atoms with Crippen LogP contribution in [0.15, 0.2) is 24.3 Å². The lowest BCUT2D eigenvalue weighted by Gasteiger charge is -2.40. The number of methoxy groups -OCH3 is 1. The van der Waals surface area contributed by atoms with E-state index in [1.165, 1.54) is 31.4 Å².